The number of rotatable bonds is 7. The van der Waals surface area contributed by atoms with Crippen molar-refractivity contribution < 1.29 is 17.9 Å². The van der Waals surface area contributed by atoms with Crippen LogP contribution < -0.4 is 5.73 Å². The Morgan fingerprint density at radius 3 is 2.72 bits per heavy atom. The molecule has 0 spiro atoms. The molecule has 0 aliphatic heterocycles. The van der Waals surface area contributed by atoms with Crippen LogP contribution in [0, 0.1) is 0 Å². The summed E-state index contributed by atoms with van der Waals surface area (Å²) in [6, 6.07) is 0. The van der Waals surface area contributed by atoms with Gasteiger partial charge in [-0.05, 0) is 12.8 Å². The first-order valence-corrected chi connectivity index (χ1v) is 5.76. The Morgan fingerprint density at radius 1 is 1.39 bits per heavy atom. The van der Waals surface area contributed by atoms with Gasteiger partial charge in [-0.2, -0.15) is 13.2 Å². The molecule has 0 unspecified atom stereocenters. The molecule has 1 rings (SSSR count). The number of hydrogen-bond acceptors (Lipinski definition) is 4. The zero-order chi connectivity index (χ0) is 13.6. The summed E-state index contributed by atoms with van der Waals surface area (Å²) in [6.07, 6.45) is -2.18. The predicted molar refractivity (Wildman–Crippen MR) is 59.9 cm³/mol. The highest BCUT2D eigenvalue weighted by Gasteiger charge is 2.27. The van der Waals surface area contributed by atoms with Crippen molar-refractivity contribution in [3.05, 3.63) is 5.69 Å². The molecular formula is C10H17F3N4O. The van der Waals surface area contributed by atoms with Gasteiger partial charge in [-0.25, -0.2) is 4.68 Å². The maximum Gasteiger partial charge on any atom is 0.411 e. The lowest BCUT2D eigenvalue weighted by molar-refractivity contribution is -0.174. The number of nitrogens with zero attached hydrogens (tertiary/aromatic N) is 3. The molecule has 2 N–H and O–H groups in total. The number of nitrogen functional groups attached to an aromatic ring is 1. The number of aromatic nitrogens is 3. The molecule has 0 fully saturated rings. The third kappa shape index (κ3) is 4.91. The number of halogens is 3. The van der Waals surface area contributed by atoms with Gasteiger partial charge in [-0.15, -0.1) is 5.10 Å². The second-order valence-corrected chi connectivity index (χ2v) is 3.92. The average Bonchev–Trinajstić information content (AvgIpc) is 2.60. The van der Waals surface area contributed by atoms with Gasteiger partial charge >= 0.3 is 6.18 Å². The van der Waals surface area contributed by atoms with E-state index in [1.807, 2.05) is 6.92 Å². The van der Waals surface area contributed by atoms with Gasteiger partial charge in [0, 0.05) is 13.2 Å². The SMILES string of the molecule is CCCc1c(N)nnn1CCCOCC(F)(F)F. The molecule has 0 saturated heterocycles. The van der Waals surface area contributed by atoms with E-state index < -0.39 is 12.8 Å². The van der Waals surface area contributed by atoms with E-state index >= 15 is 0 Å². The molecule has 104 valence electrons. The molecule has 0 aliphatic rings. The fourth-order valence-corrected chi connectivity index (χ4v) is 1.52. The molecule has 0 aromatic carbocycles. The molecule has 5 nitrogen and oxygen atoms in total. The number of nitrogens with two attached hydrogens (primary N) is 1. The van der Waals surface area contributed by atoms with Crippen LogP contribution in [0.5, 0.6) is 0 Å². The summed E-state index contributed by atoms with van der Waals surface area (Å²) < 4.78 is 41.5. The molecule has 0 aliphatic carbocycles. The molecule has 8 heteroatoms. The van der Waals surface area contributed by atoms with E-state index in [-0.39, 0.29) is 6.61 Å². The molecule has 0 atom stereocenters. The Kier molecular flexibility index (Phi) is 5.39. The number of anilines is 1. The lowest BCUT2D eigenvalue weighted by Crippen LogP contribution is -2.18. The minimum absolute atomic E-state index is 0.0326. The van der Waals surface area contributed by atoms with Crippen LogP contribution in [-0.4, -0.2) is 34.4 Å². The highest BCUT2D eigenvalue weighted by Crippen LogP contribution is 2.15. The predicted octanol–water partition coefficient (Wildman–Crippen LogP) is 1.78. The quantitative estimate of drug-likeness (QED) is 0.764. The van der Waals surface area contributed by atoms with Crippen LogP contribution in [0.15, 0.2) is 0 Å². The second-order valence-electron chi connectivity index (χ2n) is 3.92. The average molecular weight is 266 g/mol. The highest BCUT2D eigenvalue weighted by molar-refractivity contribution is 5.32. The first kappa shape index (κ1) is 14.7. The molecule has 18 heavy (non-hydrogen) atoms. The Bertz CT molecular complexity index is 364. The maximum absolute atomic E-state index is 11.8. The normalized spacial score (nSPS) is 12.0. The van der Waals surface area contributed by atoms with Crippen molar-refractivity contribution in [1.29, 1.82) is 0 Å². The van der Waals surface area contributed by atoms with Crippen molar-refractivity contribution in [3.8, 4) is 0 Å². The number of ether oxygens (including phenoxy) is 1. The molecule has 1 aromatic rings. The molecule has 0 amide bonds. The maximum atomic E-state index is 11.8. The van der Waals surface area contributed by atoms with E-state index in [1.165, 1.54) is 0 Å². The van der Waals surface area contributed by atoms with Crippen LogP contribution in [0.4, 0.5) is 19.0 Å². The Morgan fingerprint density at radius 2 is 2.11 bits per heavy atom. The smallest absolute Gasteiger partial charge is 0.381 e. The van der Waals surface area contributed by atoms with E-state index in [2.05, 4.69) is 15.0 Å². The van der Waals surface area contributed by atoms with Gasteiger partial charge in [0.1, 0.15) is 6.61 Å². The van der Waals surface area contributed by atoms with Gasteiger partial charge in [0.2, 0.25) is 0 Å². The molecular weight excluding hydrogens is 249 g/mol. The van der Waals surface area contributed by atoms with Gasteiger partial charge in [0.15, 0.2) is 5.82 Å². The van der Waals surface area contributed by atoms with Gasteiger partial charge in [0.05, 0.1) is 5.69 Å². The van der Waals surface area contributed by atoms with Crippen LogP contribution in [-0.2, 0) is 17.7 Å². The van der Waals surface area contributed by atoms with Gasteiger partial charge in [-0.1, -0.05) is 18.6 Å². The summed E-state index contributed by atoms with van der Waals surface area (Å²) in [7, 11) is 0. The number of aryl methyl sites for hydroxylation is 1. The summed E-state index contributed by atoms with van der Waals surface area (Å²) in [5.74, 6) is 0.382. The lowest BCUT2D eigenvalue weighted by Gasteiger charge is -2.08. The van der Waals surface area contributed by atoms with E-state index in [1.54, 1.807) is 4.68 Å². The van der Waals surface area contributed by atoms with Crippen molar-refractivity contribution in [1.82, 2.24) is 15.0 Å². The summed E-state index contributed by atoms with van der Waals surface area (Å²) in [4.78, 5) is 0. The summed E-state index contributed by atoms with van der Waals surface area (Å²) in [5.41, 5.74) is 6.47. The summed E-state index contributed by atoms with van der Waals surface area (Å²) >= 11 is 0. The van der Waals surface area contributed by atoms with Gasteiger partial charge < -0.3 is 10.5 Å². The van der Waals surface area contributed by atoms with Crippen molar-refractivity contribution >= 4 is 5.82 Å². The molecule has 1 heterocycles. The zero-order valence-corrected chi connectivity index (χ0v) is 10.2. The topological polar surface area (TPSA) is 66.0 Å². The molecule has 0 bridgehead atoms. The lowest BCUT2D eigenvalue weighted by atomic mass is 10.2. The van der Waals surface area contributed by atoms with Gasteiger partial charge in [-0.3, -0.25) is 0 Å². The Balaban J connectivity index is 2.31. The third-order valence-electron chi connectivity index (χ3n) is 2.28. The van der Waals surface area contributed by atoms with Crippen LogP contribution >= 0.6 is 0 Å². The number of hydrogen-bond donors (Lipinski definition) is 1. The van der Waals surface area contributed by atoms with Crippen LogP contribution in [0.1, 0.15) is 25.5 Å². The first-order valence-electron chi connectivity index (χ1n) is 5.76. The zero-order valence-electron chi connectivity index (χ0n) is 10.2. The summed E-state index contributed by atoms with van der Waals surface area (Å²) in [5, 5.41) is 7.59. The Labute approximate surface area is 103 Å². The van der Waals surface area contributed by atoms with Crippen LogP contribution in [0.2, 0.25) is 0 Å². The van der Waals surface area contributed by atoms with Crippen LogP contribution in [0.3, 0.4) is 0 Å². The minimum atomic E-state index is -4.27. The van der Waals surface area contributed by atoms with E-state index in [0.29, 0.717) is 18.8 Å². The molecule has 0 saturated carbocycles. The van der Waals surface area contributed by atoms with Crippen molar-refractivity contribution in [2.24, 2.45) is 0 Å². The summed E-state index contributed by atoms with van der Waals surface area (Å²) in [6.45, 7) is 1.28. The fourth-order valence-electron chi connectivity index (χ4n) is 1.52. The van der Waals surface area contributed by atoms with E-state index in [0.717, 1.165) is 18.5 Å². The van der Waals surface area contributed by atoms with Gasteiger partial charge in [0.25, 0.3) is 0 Å². The molecule has 0 radical (unpaired) electrons. The largest absolute Gasteiger partial charge is 0.411 e. The standard InChI is InChI=1S/C10H17F3N4O/c1-2-4-8-9(14)15-16-17(8)5-3-6-18-7-10(11,12)13/h2-7,14H2,1H3. The van der Waals surface area contributed by atoms with Crippen molar-refractivity contribution in [2.75, 3.05) is 18.9 Å². The van der Waals surface area contributed by atoms with E-state index in [9.17, 15) is 13.2 Å². The molecule has 1 aromatic heterocycles. The number of alkyl halides is 3. The highest BCUT2D eigenvalue weighted by atomic mass is 19.4. The third-order valence-corrected chi connectivity index (χ3v) is 2.28. The second kappa shape index (κ2) is 6.58. The van der Waals surface area contributed by atoms with E-state index in [4.69, 9.17) is 5.73 Å². The monoisotopic (exact) mass is 266 g/mol. The van der Waals surface area contributed by atoms with Crippen molar-refractivity contribution in [3.63, 3.8) is 0 Å². The van der Waals surface area contributed by atoms with Crippen LogP contribution in [0.25, 0.3) is 0 Å². The Hall–Kier alpha value is -1.31. The fraction of sp³-hybridized carbons (Fsp3) is 0.800. The first-order chi connectivity index (χ1) is 8.44. The minimum Gasteiger partial charge on any atom is -0.381 e. The van der Waals surface area contributed by atoms with Crippen molar-refractivity contribution in [2.45, 2.75) is 38.9 Å².